The fraction of sp³-hybridized carbons (Fsp3) is 0.370. The van der Waals surface area contributed by atoms with E-state index in [2.05, 4.69) is 51.1 Å². The Morgan fingerprint density at radius 3 is 2.45 bits per heavy atom. The highest BCUT2D eigenvalue weighted by Gasteiger charge is 2.15. The molecule has 1 aromatic carbocycles. The van der Waals surface area contributed by atoms with Crippen LogP contribution in [0.1, 0.15) is 76.2 Å². The van der Waals surface area contributed by atoms with Crippen molar-refractivity contribution in [3.63, 3.8) is 0 Å². The van der Waals surface area contributed by atoms with Crippen LogP contribution in [-0.4, -0.2) is 4.98 Å². The van der Waals surface area contributed by atoms with Crippen LogP contribution >= 0.6 is 0 Å². The largest absolute Gasteiger partial charge is 0.398 e. The average molecular weight is 389 g/mol. The third kappa shape index (κ3) is 6.74. The van der Waals surface area contributed by atoms with Crippen LogP contribution in [-0.2, 0) is 0 Å². The summed E-state index contributed by atoms with van der Waals surface area (Å²) in [6.45, 7) is 8.50. The minimum atomic E-state index is 0.883. The van der Waals surface area contributed by atoms with Gasteiger partial charge in [-0.05, 0) is 62.5 Å². The molecule has 0 atom stereocenters. The number of benzene rings is 1. The molecular weight excluding hydrogens is 352 g/mol. The number of aryl methyl sites for hydroxylation is 1. The van der Waals surface area contributed by atoms with Gasteiger partial charge in [-0.2, -0.15) is 0 Å². The first-order chi connectivity index (χ1) is 14.1. The molecule has 0 saturated heterocycles. The Labute approximate surface area is 177 Å². The number of unbranched alkanes of at least 4 members (excludes halogenated alkanes) is 4. The normalized spacial score (nSPS) is 12.7. The SMILES string of the molecule is C/C=C\C=C\c1cc(-c2ccccc2)c(/C(N)=C(\C)CCCCCCC)c(C)n1. The Morgan fingerprint density at radius 2 is 1.76 bits per heavy atom. The highest BCUT2D eigenvalue weighted by molar-refractivity contribution is 5.83. The van der Waals surface area contributed by atoms with E-state index < -0.39 is 0 Å². The maximum atomic E-state index is 6.70. The van der Waals surface area contributed by atoms with E-state index in [4.69, 9.17) is 10.7 Å². The lowest BCUT2D eigenvalue weighted by molar-refractivity contribution is 0.631. The number of pyridine rings is 1. The quantitative estimate of drug-likeness (QED) is 0.334. The molecule has 2 heteroatoms. The summed E-state index contributed by atoms with van der Waals surface area (Å²) in [7, 11) is 0. The van der Waals surface area contributed by atoms with Gasteiger partial charge in [0.25, 0.3) is 0 Å². The lowest BCUT2D eigenvalue weighted by Crippen LogP contribution is -2.07. The van der Waals surface area contributed by atoms with E-state index >= 15 is 0 Å². The topological polar surface area (TPSA) is 38.9 Å². The molecule has 0 spiro atoms. The summed E-state index contributed by atoms with van der Waals surface area (Å²) < 4.78 is 0. The standard InChI is InChI=1S/C27H36N2/c1-5-7-9-10-13-16-21(3)27(28)26-22(4)29-24(19-12-8-6-2)20-25(26)23-17-14-11-15-18-23/h6,8,11-12,14-15,17-20H,5,7,9-10,13,16,28H2,1-4H3/b8-6-,19-12+,27-21-. The van der Waals surface area contributed by atoms with Crippen molar-refractivity contribution < 1.29 is 0 Å². The molecule has 1 aromatic heterocycles. The van der Waals surface area contributed by atoms with Gasteiger partial charge < -0.3 is 5.73 Å². The molecule has 1 heterocycles. The van der Waals surface area contributed by atoms with Gasteiger partial charge >= 0.3 is 0 Å². The Kier molecular flexibility index (Phi) is 9.43. The molecule has 0 aliphatic heterocycles. The molecule has 29 heavy (non-hydrogen) atoms. The van der Waals surface area contributed by atoms with Gasteiger partial charge in [0, 0.05) is 17.0 Å². The highest BCUT2D eigenvalue weighted by Crippen LogP contribution is 2.32. The summed E-state index contributed by atoms with van der Waals surface area (Å²) >= 11 is 0. The Bertz CT molecular complexity index is 858. The fourth-order valence-electron chi connectivity index (χ4n) is 3.57. The number of hydrogen-bond acceptors (Lipinski definition) is 2. The third-order valence-electron chi connectivity index (χ3n) is 5.26. The molecule has 2 nitrogen and oxygen atoms in total. The zero-order chi connectivity index (χ0) is 21.1. The predicted molar refractivity (Wildman–Crippen MR) is 128 cm³/mol. The lowest BCUT2D eigenvalue weighted by atomic mass is 9.93. The number of allylic oxidation sites excluding steroid dienone is 4. The molecule has 0 fully saturated rings. The van der Waals surface area contributed by atoms with E-state index in [0.717, 1.165) is 34.6 Å². The molecule has 0 aliphatic rings. The van der Waals surface area contributed by atoms with Crippen LogP contribution in [0.15, 0.2) is 60.2 Å². The van der Waals surface area contributed by atoms with Crippen LogP contribution in [0.2, 0.25) is 0 Å². The molecule has 0 saturated carbocycles. The summed E-state index contributed by atoms with van der Waals surface area (Å²) in [4.78, 5) is 4.82. The van der Waals surface area contributed by atoms with E-state index in [9.17, 15) is 0 Å². The van der Waals surface area contributed by atoms with Gasteiger partial charge in [0.15, 0.2) is 0 Å². The molecule has 0 amide bonds. The smallest absolute Gasteiger partial charge is 0.0639 e. The summed E-state index contributed by atoms with van der Waals surface area (Å²) in [5, 5.41) is 0. The second-order valence-electron chi connectivity index (χ2n) is 7.66. The van der Waals surface area contributed by atoms with Crippen molar-refractivity contribution in [2.45, 2.75) is 66.2 Å². The first-order valence-electron chi connectivity index (χ1n) is 10.9. The van der Waals surface area contributed by atoms with Gasteiger partial charge in [-0.15, -0.1) is 0 Å². The van der Waals surface area contributed by atoms with Crippen molar-refractivity contribution in [2.75, 3.05) is 0 Å². The first kappa shape index (κ1) is 22.7. The molecule has 0 aliphatic carbocycles. The van der Waals surface area contributed by atoms with Crippen LogP contribution < -0.4 is 5.73 Å². The van der Waals surface area contributed by atoms with Gasteiger partial charge in [-0.1, -0.05) is 81.2 Å². The van der Waals surface area contributed by atoms with Crippen molar-refractivity contribution >= 4 is 11.8 Å². The number of nitrogens with two attached hydrogens (primary N) is 1. The van der Waals surface area contributed by atoms with Gasteiger partial charge in [0.05, 0.1) is 5.69 Å². The molecule has 0 unspecified atom stereocenters. The summed E-state index contributed by atoms with van der Waals surface area (Å²) in [6, 6.07) is 12.6. The van der Waals surface area contributed by atoms with E-state index in [0.29, 0.717) is 0 Å². The summed E-state index contributed by atoms with van der Waals surface area (Å²) in [5.74, 6) is 0. The van der Waals surface area contributed by atoms with Gasteiger partial charge in [-0.3, -0.25) is 4.98 Å². The maximum Gasteiger partial charge on any atom is 0.0639 e. The summed E-state index contributed by atoms with van der Waals surface area (Å²) in [6.07, 6.45) is 15.5. The molecule has 2 N–H and O–H groups in total. The zero-order valence-corrected chi connectivity index (χ0v) is 18.5. The number of hydrogen-bond donors (Lipinski definition) is 1. The van der Waals surface area contributed by atoms with Crippen LogP contribution in [0.4, 0.5) is 0 Å². The molecule has 0 bridgehead atoms. The van der Waals surface area contributed by atoms with Crippen LogP contribution in [0, 0.1) is 6.92 Å². The minimum absolute atomic E-state index is 0.883. The van der Waals surface area contributed by atoms with Gasteiger partial charge in [0.2, 0.25) is 0 Å². The minimum Gasteiger partial charge on any atom is -0.398 e. The average Bonchev–Trinajstić information content (AvgIpc) is 2.73. The number of rotatable bonds is 10. The second-order valence-corrected chi connectivity index (χ2v) is 7.66. The monoisotopic (exact) mass is 388 g/mol. The van der Waals surface area contributed by atoms with Crippen molar-refractivity contribution in [1.29, 1.82) is 0 Å². The van der Waals surface area contributed by atoms with E-state index in [1.54, 1.807) is 0 Å². The molecule has 2 rings (SSSR count). The van der Waals surface area contributed by atoms with Crippen LogP contribution in [0.25, 0.3) is 22.9 Å². The van der Waals surface area contributed by atoms with Gasteiger partial charge in [0.1, 0.15) is 0 Å². The van der Waals surface area contributed by atoms with Crippen LogP contribution in [0.3, 0.4) is 0 Å². The fourth-order valence-corrected chi connectivity index (χ4v) is 3.57. The molecule has 154 valence electrons. The molecule has 0 radical (unpaired) electrons. The number of aromatic nitrogens is 1. The third-order valence-corrected chi connectivity index (χ3v) is 5.26. The summed E-state index contributed by atoms with van der Waals surface area (Å²) in [5.41, 5.74) is 14.2. The van der Waals surface area contributed by atoms with Gasteiger partial charge in [-0.25, -0.2) is 0 Å². The van der Waals surface area contributed by atoms with Crippen molar-refractivity contribution in [3.8, 4) is 11.1 Å². The Balaban J connectivity index is 2.42. The predicted octanol–water partition coefficient (Wildman–Crippen LogP) is 7.70. The zero-order valence-electron chi connectivity index (χ0n) is 18.5. The Hall–Kier alpha value is -2.61. The van der Waals surface area contributed by atoms with Crippen molar-refractivity contribution in [2.24, 2.45) is 5.73 Å². The molecule has 2 aromatic rings. The number of nitrogens with zero attached hydrogens (tertiary/aromatic N) is 1. The van der Waals surface area contributed by atoms with E-state index in [-0.39, 0.29) is 0 Å². The van der Waals surface area contributed by atoms with Crippen LogP contribution in [0.5, 0.6) is 0 Å². The van der Waals surface area contributed by atoms with E-state index in [1.165, 1.54) is 43.2 Å². The lowest BCUT2D eigenvalue weighted by Gasteiger charge is -2.17. The first-order valence-corrected chi connectivity index (χ1v) is 10.9. The van der Waals surface area contributed by atoms with Crippen molar-refractivity contribution in [3.05, 3.63) is 77.2 Å². The Morgan fingerprint density at radius 1 is 1.03 bits per heavy atom. The maximum absolute atomic E-state index is 6.70. The highest BCUT2D eigenvalue weighted by atomic mass is 14.7. The van der Waals surface area contributed by atoms with Crippen molar-refractivity contribution in [1.82, 2.24) is 4.98 Å². The molecular formula is C27H36N2. The van der Waals surface area contributed by atoms with E-state index in [1.807, 2.05) is 37.3 Å². The second kappa shape index (κ2) is 12.1.